The highest BCUT2D eigenvalue weighted by Gasteiger charge is 2.10. The van der Waals surface area contributed by atoms with Crippen LogP contribution >= 0.6 is 15.9 Å². The van der Waals surface area contributed by atoms with Crippen molar-refractivity contribution in [1.29, 1.82) is 0 Å². The molecular formula is C15H17BrN2O3S. The Hall–Kier alpha value is -1.60. The highest BCUT2D eigenvalue weighted by molar-refractivity contribution is 9.10. The molecule has 7 heteroatoms. The third-order valence-corrected chi connectivity index (χ3v) is 4.40. The Morgan fingerprint density at radius 3 is 2.32 bits per heavy atom. The van der Waals surface area contributed by atoms with Crippen molar-refractivity contribution in [2.45, 2.75) is 12.3 Å². The fraction of sp³-hybridized carbons (Fsp3) is 0.267. The van der Waals surface area contributed by atoms with E-state index in [1.807, 2.05) is 18.3 Å². The van der Waals surface area contributed by atoms with Crippen LogP contribution in [0.1, 0.15) is 21.6 Å². The predicted octanol–water partition coefficient (Wildman–Crippen LogP) is 2.26. The molecule has 0 saturated carbocycles. The highest BCUT2D eigenvalue weighted by Crippen LogP contribution is 2.14. The van der Waals surface area contributed by atoms with Crippen molar-refractivity contribution in [3.63, 3.8) is 0 Å². The molecule has 5 nitrogen and oxygen atoms in total. The van der Waals surface area contributed by atoms with Gasteiger partial charge < -0.3 is 9.88 Å². The molecule has 0 bridgehead atoms. The maximum absolute atomic E-state index is 12.1. The van der Waals surface area contributed by atoms with Gasteiger partial charge in [0.25, 0.3) is 5.91 Å². The molecule has 1 aromatic heterocycles. The van der Waals surface area contributed by atoms with Crippen LogP contribution < -0.4 is 5.32 Å². The van der Waals surface area contributed by atoms with Gasteiger partial charge in [-0.15, -0.1) is 0 Å². The Labute approximate surface area is 138 Å². The molecule has 0 atom stereocenters. The van der Waals surface area contributed by atoms with Gasteiger partial charge in [0.2, 0.25) is 0 Å². The number of hydrogen-bond acceptors (Lipinski definition) is 3. The average Bonchev–Trinajstić information content (AvgIpc) is 2.75. The number of hydrogen-bond donors (Lipinski definition) is 1. The Morgan fingerprint density at radius 1 is 1.23 bits per heavy atom. The Bertz CT molecular complexity index is 780. The second-order valence-electron chi connectivity index (χ2n) is 5.22. The molecule has 0 radical (unpaired) electrons. The molecule has 0 aliphatic rings. The van der Waals surface area contributed by atoms with Crippen molar-refractivity contribution >= 4 is 31.7 Å². The van der Waals surface area contributed by atoms with Crippen molar-refractivity contribution in [3.05, 3.63) is 57.8 Å². The minimum absolute atomic E-state index is 0.0248. The van der Waals surface area contributed by atoms with Gasteiger partial charge in [-0.25, -0.2) is 8.42 Å². The topological polar surface area (TPSA) is 68.2 Å². The molecule has 1 heterocycles. The van der Waals surface area contributed by atoms with E-state index in [1.54, 1.807) is 29.8 Å². The van der Waals surface area contributed by atoms with Gasteiger partial charge >= 0.3 is 0 Å². The van der Waals surface area contributed by atoms with Crippen molar-refractivity contribution in [1.82, 2.24) is 9.88 Å². The number of carbonyl (C=O) groups is 1. The molecule has 1 N–H and O–H groups in total. The maximum atomic E-state index is 12.1. The van der Waals surface area contributed by atoms with Crippen LogP contribution in [0.5, 0.6) is 0 Å². The predicted molar refractivity (Wildman–Crippen MR) is 89.3 cm³/mol. The third kappa shape index (κ3) is 4.71. The van der Waals surface area contributed by atoms with Crippen LogP contribution in [0.2, 0.25) is 0 Å². The van der Waals surface area contributed by atoms with E-state index < -0.39 is 9.84 Å². The van der Waals surface area contributed by atoms with E-state index in [9.17, 15) is 13.2 Å². The number of aryl methyl sites for hydroxylation is 1. The van der Waals surface area contributed by atoms with Crippen LogP contribution in [0.15, 0.2) is 41.0 Å². The molecule has 0 aliphatic carbocycles. The first-order chi connectivity index (χ1) is 10.2. The van der Waals surface area contributed by atoms with Gasteiger partial charge in [-0.2, -0.15) is 0 Å². The lowest BCUT2D eigenvalue weighted by molar-refractivity contribution is 0.0943. The lowest BCUT2D eigenvalue weighted by Gasteiger charge is -2.07. The Morgan fingerprint density at radius 2 is 1.82 bits per heavy atom. The SMILES string of the molecule is Cn1cc(Br)cc1C(=O)NCc1ccc(CS(C)(=O)=O)cc1. The third-order valence-electron chi connectivity index (χ3n) is 3.11. The number of aromatic nitrogens is 1. The summed E-state index contributed by atoms with van der Waals surface area (Å²) in [7, 11) is -1.23. The number of benzene rings is 1. The molecule has 1 amide bonds. The first-order valence-electron chi connectivity index (χ1n) is 6.60. The van der Waals surface area contributed by atoms with Crippen molar-refractivity contribution in [2.24, 2.45) is 7.05 Å². The van der Waals surface area contributed by atoms with E-state index in [0.29, 0.717) is 12.2 Å². The molecule has 0 saturated heterocycles. The standard InChI is InChI=1S/C15H17BrN2O3S/c1-18-9-13(16)7-14(18)15(19)17-8-11-3-5-12(6-4-11)10-22(2,20)21/h3-7,9H,8,10H2,1-2H3,(H,17,19). The summed E-state index contributed by atoms with van der Waals surface area (Å²) in [5.74, 6) is -0.134. The quantitative estimate of drug-likeness (QED) is 0.859. The molecule has 2 aromatic rings. The zero-order chi connectivity index (χ0) is 16.3. The summed E-state index contributed by atoms with van der Waals surface area (Å²) in [5.41, 5.74) is 2.23. The van der Waals surface area contributed by atoms with E-state index in [-0.39, 0.29) is 11.7 Å². The fourth-order valence-electron chi connectivity index (χ4n) is 2.08. The number of nitrogens with one attached hydrogen (secondary N) is 1. The summed E-state index contributed by atoms with van der Waals surface area (Å²) in [5, 5.41) is 2.84. The van der Waals surface area contributed by atoms with Crippen LogP contribution in [0.4, 0.5) is 0 Å². The minimum Gasteiger partial charge on any atom is -0.347 e. The second-order valence-corrected chi connectivity index (χ2v) is 8.28. The minimum atomic E-state index is -3.03. The average molecular weight is 385 g/mol. The summed E-state index contributed by atoms with van der Waals surface area (Å²) < 4.78 is 25.1. The number of nitrogens with zero attached hydrogens (tertiary/aromatic N) is 1. The fourth-order valence-corrected chi connectivity index (χ4v) is 3.40. The Kier molecular flexibility index (Phi) is 5.08. The lowest BCUT2D eigenvalue weighted by atomic mass is 10.1. The number of sulfone groups is 1. The van der Waals surface area contributed by atoms with Crippen LogP contribution in [0.25, 0.3) is 0 Å². The first-order valence-corrected chi connectivity index (χ1v) is 9.45. The van der Waals surface area contributed by atoms with Crippen LogP contribution in [0.3, 0.4) is 0 Å². The highest BCUT2D eigenvalue weighted by atomic mass is 79.9. The van der Waals surface area contributed by atoms with E-state index >= 15 is 0 Å². The van der Waals surface area contributed by atoms with Crippen LogP contribution in [-0.4, -0.2) is 25.1 Å². The second kappa shape index (κ2) is 6.66. The molecule has 0 fully saturated rings. The van der Waals surface area contributed by atoms with Crippen LogP contribution in [-0.2, 0) is 29.2 Å². The summed E-state index contributed by atoms with van der Waals surface area (Å²) >= 11 is 3.33. The number of amides is 1. The molecule has 1 aromatic carbocycles. The molecular weight excluding hydrogens is 368 g/mol. The van der Waals surface area contributed by atoms with E-state index in [2.05, 4.69) is 21.2 Å². The normalized spacial score (nSPS) is 11.4. The van der Waals surface area contributed by atoms with Gasteiger partial charge in [0.05, 0.1) is 5.75 Å². The molecule has 118 valence electrons. The molecule has 2 rings (SSSR count). The van der Waals surface area contributed by atoms with Gasteiger partial charge in [-0.3, -0.25) is 4.79 Å². The zero-order valence-electron chi connectivity index (χ0n) is 12.3. The number of carbonyl (C=O) groups excluding carboxylic acids is 1. The number of halogens is 1. The van der Waals surface area contributed by atoms with E-state index in [0.717, 1.165) is 15.6 Å². The largest absolute Gasteiger partial charge is 0.347 e. The molecule has 0 spiro atoms. The summed E-state index contributed by atoms with van der Waals surface area (Å²) in [6.45, 7) is 0.390. The summed E-state index contributed by atoms with van der Waals surface area (Å²) in [4.78, 5) is 12.1. The van der Waals surface area contributed by atoms with Gasteiger partial charge in [0.15, 0.2) is 9.84 Å². The van der Waals surface area contributed by atoms with Gasteiger partial charge in [-0.1, -0.05) is 24.3 Å². The van der Waals surface area contributed by atoms with Crippen molar-refractivity contribution in [2.75, 3.05) is 6.26 Å². The van der Waals surface area contributed by atoms with Crippen molar-refractivity contribution in [3.8, 4) is 0 Å². The van der Waals surface area contributed by atoms with Gasteiger partial charge in [-0.05, 0) is 33.1 Å². The summed E-state index contributed by atoms with van der Waals surface area (Å²) in [6.07, 6.45) is 3.02. The van der Waals surface area contributed by atoms with E-state index in [4.69, 9.17) is 0 Å². The van der Waals surface area contributed by atoms with Gasteiger partial charge in [0.1, 0.15) is 5.69 Å². The zero-order valence-corrected chi connectivity index (χ0v) is 14.7. The molecule has 22 heavy (non-hydrogen) atoms. The molecule has 0 unspecified atom stereocenters. The Balaban J connectivity index is 1.97. The van der Waals surface area contributed by atoms with Crippen molar-refractivity contribution < 1.29 is 13.2 Å². The van der Waals surface area contributed by atoms with Crippen LogP contribution in [0, 0.1) is 0 Å². The lowest BCUT2D eigenvalue weighted by Crippen LogP contribution is -2.24. The molecule has 0 aliphatic heterocycles. The smallest absolute Gasteiger partial charge is 0.268 e. The van der Waals surface area contributed by atoms with E-state index in [1.165, 1.54) is 6.26 Å². The van der Waals surface area contributed by atoms with Gasteiger partial charge in [0, 0.05) is 30.5 Å². The first kappa shape index (κ1) is 16.8. The monoisotopic (exact) mass is 384 g/mol. The summed E-state index contributed by atoms with van der Waals surface area (Å²) in [6, 6.07) is 8.93. The number of rotatable bonds is 5. The maximum Gasteiger partial charge on any atom is 0.268 e.